The van der Waals surface area contributed by atoms with E-state index in [1.165, 1.54) is 0 Å². The van der Waals surface area contributed by atoms with Crippen LogP contribution in [0.1, 0.15) is 22.8 Å². The molecule has 1 aromatic carbocycles. The van der Waals surface area contributed by atoms with Gasteiger partial charge in [-0.25, -0.2) is 9.18 Å². The number of nitrogens with one attached hydrogen (secondary N) is 1. The Morgan fingerprint density at radius 3 is 2.06 bits per heavy atom. The first kappa shape index (κ1) is 29.5. The number of halogens is 10. The Labute approximate surface area is 201 Å². The first-order valence-corrected chi connectivity index (χ1v) is 10.9. The van der Waals surface area contributed by atoms with E-state index < -0.39 is 69.6 Å². The molecule has 1 aromatic rings. The molecule has 15 heteroatoms. The van der Waals surface area contributed by atoms with E-state index in [-0.39, 0.29) is 12.1 Å². The van der Waals surface area contributed by atoms with Crippen LogP contribution < -0.4 is 5.32 Å². The molecule has 0 spiro atoms. The van der Waals surface area contributed by atoms with Gasteiger partial charge in [-0.2, -0.15) is 51.3 Å². The number of alkyl halides is 10. The van der Waals surface area contributed by atoms with Crippen LogP contribution >= 0.6 is 11.8 Å². The average Bonchev–Trinajstić information content (AvgIpc) is 2.76. The van der Waals surface area contributed by atoms with E-state index in [0.717, 1.165) is 31.0 Å². The van der Waals surface area contributed by atoms with Crippen LogP contribution in [0.3, 0.4) is 0 Å². The Morgan fingerprint density at radius 2 is 1.58 bits per heavy atom. The van der Waals surface area contributed by atoms with E-state index >= 15 is 0 Å². The number of benzene rings is 1. The summed E-state index contributed by atoms with van der Waals surface area (Å²) in [6.45, 7) is 1.61. The van der Waals surface area contributed by atoms with Crippen molar-refractivity contribution in [3.05, 3.63) is 53.1 Å². The van der Waals surface area contributed by atoms with Crippen molar-refractivity contribution in [2.75, 3.05) is 18.2 Å². The van der Waals surface area contributed by atoms with E-state index in [4.69, 9.17) is 0 Å². The second-order valence-electron chi connectivity index (χ2n) is 7.32. The lowest BCUT2D eigenvalue weighted by Crippen LogP contribution is -2.50. The largest absolute Gasteiger partial charge is 0.465 e. The third-order valence-corrected chi connectivity index (χ3v) is 6.18. The van der Waals surface area contributed by atoms with Crippen LogP contribution in [-0.2, 0) is 15.2 Å². The van der Waals surface area contributed by atoms with Crippen molar-refractivity contribution in [1.29, 1.82) is 0 Å². The second kappa shape index (κ2) is 10.3. The molecule has 1 aliphatic rings. The Morgan fingerprint density at radius 1 is 1.00 bits per heavy atom. The fraction of sp³-hybridized carbons (Fsp3) is 0.429. The summed E-state index contributed by atoms with van der Waals surface area (Å²) >= 11 is 0.966. The monoisotopic (exact) mass is 553 g/mol. The number of rotatable bonds is 6. The van der Waals surface area contributed by atoms with Gasteiger partial charge in [0.1, 0.15) is 0 Å². The fourth-order valence-corrected chi connectivity index (χ4v) is 4.32. The number of amides is 1. The van der Waals surface area contributed by atoms with Crippen LogP contribution in [0.4, 0.5) is 49.6 Å². The van der Waals surface area contributed by atoms with Gasteiger partial charge >= 0.3 is 30.2 Å². The number of carbonyl (C=O) groups is 2. The highest BCUT2D eigenvalue weighted by Crippen LogP contribution is 2.53. The summed E-state index contributed by atoms with van der Waals surface area (Å²) in [5.74, 6) is -3.49. The van der Waals surface area contributed by atoms with Gasteiger partial charge in [0.25, 0.3) is 0 Å². The first-order valence-electron chi connectivity index (χ1n) is 9.83. The molecule has 2 atom stereocenters. The van der Waals surface area contributed by atoms with Crippen LogP contribution in [0.15, 0.2) is 42.0 Å². The lowest BCUT2D eigenvalue weighted by molar-refractivity contribution is -0.348. The maximum atomic E-state index is 14.4. The summed E-state index contributed by atoms with van der Waals surface area (Å²) in [6.07, 6.45) is -15.2. The number of hydrogen-bond acceptors (Lipinski definition) is 4. The van der Waals surface area contributed by atoms with Crippen LogP contribution in [0.5, 0.6) is 0 Å². The predicted octanol–water partition coefficient (Wildman–Crippen LogP) is 6.50. The summed E-state index contributed by atoms with van der Waals surface area (Å²) < 4.78 is 137. The zero-order valence-corrected chi connectivity index (χ0v) is 19.1. The smallest absolute Gasteiger partial charge is 0.435 e. The van der Waals surface area contributed by atoms with Gasteiger partial charge in [-0.1, -0.05) is 31.2 Å². The van der Waals surface area contributed by atoms with Crippen molar-refractivity contribution in [1.82, 2.24) is 0 Å². The topological polar surface area (TPSA) is 55.4 Å². The number of ether oxygens (including phenoxy) is 1. The lowest BCUT2D eigenvalue weighted by Gasteiger charge is -2.31. The quantitative estimate of drug-likeness (QED) is 0.323. The number of anilines is 1. The molecule has 36 heavy (non-hydrogen) atoms. The van der Waals surface area contributed by atoms with Gasteiger partial charge in [0.15, 0.2) is 0 Å². The summed E-state index contributed by atoms with van der Waals surface area (Å²) in [5, 5.41) is 1.06. The van der Waals surface area contributed by atoms with Crippen molar-refractivity contribution in [2.45, 2.75) is 36.4 Å². The fourth-order valence-electron chi connectivity index (χ4n) is 3.27. The second-order valence-corrected chi connectivity index (χ2v) is 8.77. The molecule has 0 aliphatic heterocycles. The minimum atomic E-state index is -6.45. The molecule has 0 bridgehead atoms. The number of thioether (sulfide) groups is 1. The molecule has 4 nitrogen and oxygen atoms in total. The normalized spacial score (nSPS) is 19.1. The third kappa shape index (κ3) is 5.81. The van der Waals surface area contributed by atoms with E-state index in [9.17, 15) is 53.5 Å². The number of allylic oxidation sites excluding steroid dienone is 2. The number of carbonyl (C=O) groups excluding carboxylic acids is 2. The van der Waals surface area contributed by atoms with E-state index in [2.05, 4.69) is 10.1 Å². The highest BCUT2D eigenvalue weighted by atomic mass is 32.2. The number of methoxy groups -OCH3 is 1. The molecule has 1 amide bonds. The zero-order chi connectivity index (χ0) is 27.7. The van der Waals surface area contributed by atoms with E-state index in [0.29, 0.717) is 17.9 Å². The van der Waals surface area contributed by atoms with Gasteiger partial charge in [-0.15, -0.1) is 0 Å². The minimum absolute atomic E-state index is 0.0565. The molecule has 0 fully saturated rings. The Bertz CT molecular complexity index is 1050. The maximum Gasteiger partial charge on any atom is 0.435 e. The summed E-state index contributed by atoms with van der Waals surface area (Å²) in [6, 6.07) is 0.468. The van der Waals surface area contributed by atoms with Crippen molar-refractivity contribution in [3.63, 3.8) is 0 Å². The molecule has 1 N–H and O–H groups in total. The Hall–Kier alpha value is -2.71. The SMILES string of the molecule is CCSC1C=C(C(F)(F)F)C=CC1C(=O)Nc1ccc(C(F)(C(F)(F)F)C(F)(F)F)cc1C(=O)OC. The summed E-state index contributed by atoms with van der Waals surface area (Å²) in [7, 11) is 0.734. The molecule has 0 heterocycles. The van der Waals surface area contributed by atoms with Gasteiger partial charge in [0.2, 0.25) is 5.91 Å². The molecule has 2 rings (SSSR count). The van der Waals surface area contributed by atoms with E-state index in [1.54, 1.807) is 6.92 Å². The zero-order valence-electron chi connectivity index (χ0n) is 18.2. The van der Waals surface area contributed by atoms with Crippen LogP contribution in [0, 0.1) is 5.92 Å². The highest BCUT2D eigenvalue weighted by molar-refractivity contribution is 8.00. The maximum absolute atomic E-state index is 14.4. The number of esters is 1. The van der Waals surface area contributed by atoms with Gasteiger partial charge in [-0.3, -0.25) is 4.79 Å². The Balaban J connectivity index is 2.50. The van der Waals surface area contributed by atoms with Gasteiger partial charge < -0.3 is 10.1 Å². The van der Waals surface area contributed by atoms with Crippen LogP contribution in [0.25, 0.3) is 0 Å². The van der Waals surface area contributed by atoms with Gasteiger partial charge in [0, 0.05) is 10.8 Å². The van der Waals surface area contributed by atoms with Crippen LogP contribution in [0.2, 0.25) is 0 Å². The molecule has 0 aromatic heterocycles. The van der Waals surface area contributed by atoms with Gasteiger partial charge in [0.05, 0.1) is 29.9 Å². The molecule has 2 unspecified atom stereocenters. The molecule has 0 saturated carbocycles. The minimum Gasteiger partial charge on any atom is -0.465 e. The highest BCUT2D eigenvalue weighted by Gasteiger charge is 2.73. The number of hydrogen-bond donors (Lipinski definition) is 1. The summed E-state index contributed by atoms with van der Waals surface area (Å²) in [5.41, 5.74) is -10.5. The van der Waals surface area contributed by atoms with Crippen LogP contribution in [-0.4, -0.2) is 48.5 Å². The molecular weight excluding hydrogens is 536 g/mol. The van der Waals surface area contributed by atoms with Crippen molar-refractivity contribution >= 4 is 29.3 Å². The average molecular weight is 553 g/mol. The van der Waals surface area contributed by atoms with Gasteiger partial charge in [-0.05, 0) is 17.9 Å². The summed E-state index contributed by atoms with van der Waals surface area (Å²) in [4.78, 5) is 24.9. The molecule has 200 valence electrons. The lowest BCUT2D eigenvalue weighted by atomic mass is 9.91. The third-order valence-electron chi connectivity index (χ3n) is 5.03. The first-order chi connectivity index (χ1) is 16.4. The predicted molar refractivity (Wildman–Crippen MR) is 110 cm³/mol. The molecule has 1 aliphatic carbocycles. The standard InChI is InChI=1S/C21H17F10NO3S/c1-3-36-15-9-11(19(23,24)25)4-6-12(15)16(33)32-14-7-5-10(8-13(14)17(34)35-2)18(22,20(26,27)28)21(29,30)31/h4-9,12,15H,3H2,1-2H3,(H,32,33). The molecule has 0 saturated heterocycles. The van der Waals surface area contributed by atoms with Crippen molar-refractivity contribution in [3.8, 4) is 0 Å². The van der Waals surface area contributed by atoms with Crippen molar-refractivity contribution in [2.24, 2.45) is 5.92 Å². The molecule has 0 radical (unpaired) electrons. The van der Waals surface area contributed by atoms with Crippen molar-refractivity contribution < 1.29 is 58.2 Å². The van der Waals surface area contributed by atoms with E-state index in [1.807, 2.05) is 0 Å². The molecular formula is C21H17F10NO3S. The Kier molecular flexibility index (Phi) is 8.48.